The third kappa shape index (κ3) is 1.42. The maximum Gasteiger partial charge on any atom is 0.185 e. The number of carbonyl (C=O) groups excluding carboxylic acids is 1. The van der Waals surface area contributed by atoms with Gasteiger partial charge < -0.3 is 5.73 Å². The largest absolute Gasteiger partial charge is 0.319 e. The number of Topliss-reactive ketones (excluding diaryl/α,β-unsaturated/α-hetero) is 1. The first-order chi connectivity index (χ1) is 6.53. The normalized spacial score (nSPS) is 17.9. The highest BCUT2D eigenvalue weighted by atomic mass is 19.1. The number of benzene rings is 1. The van der Waals surface area contributed by atoms with Crippen molar-refractivity contribution in [3.8, 4) is 0 Å². The number of carbonyl (C=O) groups is 1. The van der Waals surface area contributed by atoms with Crippen LogP contribution in [0.25, 0.3) is 0 Å². The molecule has 0 radical (unpaired) electrons. The van der Waals surface area contributed by atoms with E-state index < -0.39 is 23.0 Å². The average molecular weight is 197 g/mol. The summed E-state index contributed by atoms with van der Waals surface area (Å²) in [6.07, 6.45) is 1.14. The van der Waals surface area contributed by atoms with E-state index in [4.69, 9.17) is 5.73 Å². The Labute approximate surface area is 79.7 Å². The lowest BCUT2D eigenvalue weighted by Crippen LogP contribution is -2.33. The van der Waals surface area contributed by atoms with Gasteiger partial charge >= 0.3 is 0 Å². The van der Waals surface area contributed by atoms with Crippen molar-refractivity contribution in [2.24, 2.45) is 5.73 Å². The van der Waals surface area contributed by atoms with Gasteiger partial charge in [-0.05, 0) is 25.0 Å². The zero-order valence-electron chi connectivity index (χ0n) is 7.39. The quantitative estimate of drug-likeness (QED) is 0.732. The van der Waals surface area contributed by atoms with E-state index in [-0.39, 0.29) is 5.56 Å². The van der Waals surface area contributed by atoms with Crippen LogP contribution in [0.2, 0.25) is 0 Å². The second-order valence-electron chi connectivity index (χ2n) is 3.61. The fraction of sp³-hybridized carbons (Fsp3) is 0.300. The lowest BCUT2D eigenvalue weighted by molar-refractivity contribution is 0.0945. The molecule has 0 aromatic heterocycles. The SMILES string of the molecule is NC1(C(=O)c2ccc(F)cc2F)CC1. The molecule has 0 aliphatic heterocycles. The van der Waals surface area contributed by atoms with Gasteiger partial charge in [-0.3, -0.25) is 4.79 Å². The van der Waals surface area contributed by atoms with Crippen LogP contribution in [0.4, 0.5) is 8.78 Å². The van der Waals surface area contributed by atoms with Gasteiger partial charge in [-0.25, -0.2) is 8.78 Å². The fourth-order valence-corrected chi connectivity index (χ4v) is 1.30. The summed E-state index contributed by atoms with van der Waals surface area (Å²) in [5, 5.41) is 0. The van der Waals surface area contributed by atoms with E-state index in [0.29, 0.717) is 18.9 Å². The molecule has 2 N–H and O–H groups in total. The zero-order chi connectivity index (χ0) is 10.3. The maximum atomic E-state index is 13.1. The van der Waals surface area contributed by atoms with E-state index in [1.807, 2.05) is 0 Å². The first-order valence-electron chi connectivity index (χ1n) is 4.32. The first-order valence-corrected chi connectivity index (χ1v) is 4.32. The number of hydrogen-bond donors (Lipinski definition) is 1. The van der Waals surface area contributed by atoms with Crippen LogP contribution in [0, 0.1) is 11.6 Å². The van der Waals surface area contributed by atoms with Crippen molar-refractivity contribution in [2.75, 3.05) is 0 Å². The van der Waals surface area contributed by atoms with E-state index >= 15 is 0 Å². The van der Waals surface area contributed by atoms with Crippen LogP contribution >= 0.6 is 0 Å². The minimum absolute atomic E-state index is 0.119. The monoisotopic (exact) mass is 197 g/mol. The molecule has 0 unspecified atom stereocenters. The molecule has 0 heterocycles. The van der Waals surface area contributed by atoms with Crippen LogP contribution in [0.3, 0.4) is 0 Å². The van der Waals surface area contributed by atoms with Gasteiger partial charge in [-0.1, -0.05) is 0 Å². The molecule has 1 fully saturated rings. The summed E-state index contributed by atoms with van der Waals surface area (Å²) in [6.45, 7) is 0. The Bertz CT molecular complexity index is 399. The van der Waals surface area contributed by atoms with Gasteiger partial charge in [-0.2, -0.15) is 0 Å². The standard InChI is InChI=1S/C10H9F2NO/c11-6-1-2-7(8(12)5-6)9(14)10(13)3-4-10/h1-2,5H,3-4,13H2. The van der Waals surface area contributed by atoms with Gasteiger partial charge in [0.25, 0.3) is 0 Å². The fourth-order valence-electron chi connectivity index (χ4n) is 1.30. The van der Waals surface area contributed by atoms with E-state index in [1.54, 1.807) is 0 Å². The highest BCUT2D eigenvalue weighted by Crippen LogP contribution is 2.36. The van der Waals surface area contributed by atoms with E-state index in [2.05, 4.69) is 0 Å². The molecule has 1 aliphatic carbocycles. The molecule has 0 spiro atoms. The molecule has 2 nitrogen and oxygen atoms in total. The topological polar surface area (TPSA) is 43.1 Å². The number of rotatable bonds is 2. The van der Waals surface area contributed by atoms with Crippen molar-refractivity contribution in [3.63, 3.8) is 0 Å². The van der Waals surface area contributed by atoms with Gasteiger partial charge in [0.2, 0.25) is 0 Å². The van der Waals surface area contributed by atoms with Crippen LogP contribution in [-0.4, -0.2) is 11.3 Å². The molecule has 14 heavy (non-hydrogen) atoms. The van der Waals surface area contributed by atoms with E-state index in [1.165, 1.54) is 0 Å². The zero-order valence-corrected chi connectivity index (χ0v) is 7.39. The Morgan fingerprint density at radius 1 is 1.36 bits per heavy atom. The Morgan fingerprint density at radius 3 is 2.50 bits per heavy atom. The predicted molar refractivity (Wildman–Crippen MR) is 46.8 cm³/mol. The molecule has 1 aromatic rings. The molecule has 4 heteroatoms. The molecule has 0 amide bonds. The Kier molecular flexibility index (Phi) is 1.89. The molecule has 0 saturated heterocycles. The van der Waals surface area contributed by atoms with Crippen LogP contribution < -0.4 is 5.73 Å². The van der Waals surface area contributed by atoms with E-state index in [0.717, 1.165) is 12.1 Å². The first kappa shape index (κ1) is 9.27. The summed E-state index contributed by atoms with van der Waals surface area (Å²) in [6, 6.07) is 2.89. The molecule has 0 bridgehead atoms. The van der Waals surface area contributed by atoms with Gasteiger partial charge in [0, 0.05) is 6.07 Å². The number of nitrogens with two attached hydrogens (primary N) is 1. The van der Waals surface area contributed by atoms with Crippen LogP contribution in [0.1, 0.15) is 23.2 Å². The summed E-state index contributed by atoms with van der Waals surface area (Å²) in [4.78, 5) is 11.6. The molecular formula is C10H9F2NO. The lowest BCUT2D eigenvalue weighted by Gasteiger charge is -2.07. The summed E-state index contributed by atoms with van der Waals surface area (Å²) in [5.74, 6) is -1.97. The van der Waals surface area contributed by atoms with Crippen molar-refractivity contribution in [3.05, 3.63) is 35.4 Å². The average Bonchev–Trinajstić information content (AvgIpc) is 2.84. The number of hydrogen-bond acceptors (Lipinski definition) is 2. The van der Waals surface area contributed by atoms with Crippen molar-refractivity contribution in [1.29, 1.82) is 0 Å². The molecule has 1 saturated carbocycles. The van der Waals surface area contributed by atoms with Crippen LogP contribution in [0.5, 0.6) is 0 Å². The molecular weight excluding hydrogens is 188 g/mol. The minimum atomic E-state index is -0.904. The molecule has 2 rings (SSSR count). The molecule has 1 aromatic carbocycles. The van der Waals surface area contributed by atoms with Crippen LogP contribution in [0.15, 0.2) is 18.2 Å². The molecule has 1 aliphatic rings. The van der Waals surface area contributed by atoms with Gasteiger partial charge in [-0.15, -0.1) is 0 Å². The Balaban J connectivity index is 2.37. The number of halogens is 2. The van der Waals surface area contributed by atoms with E-state index in [9.17, 15) is 13.6 Å². The van der Waals surface area contributed by atoms with Crippen molar-refractivity contribution in [1.82, 2.24) is 0 Å². The van der Waals surface area contributed by atoms with Crippen molar-refractivity contribution in [2.45, 2.75) is 18.4 Å². The molecule has 0 atom stereocenters. The van der Waals surface area contributed by atoms with Crippen molar-refractivity contribution >= 4 is 5.78 Å². The third-order valence-electron chi connectivity index (χ3n) is 2.42. The Morgan fingerprint density at radius 2 is 2.00 bits per heavy atom. The lowest BCUT2D eigenvalue weighted by atomic mass is 10.0. The van der Waals surface area contributed by atoms with Gasteiger partial charge in [0.15, 0.2) is 5.78 Å². The molecule has 74 valence electrons. The smallest absolute Gasteiger partial charge is 0.185 e. The number of ketones is 1. The highest BCUT2D eigenvalue weighted by molar-refractivity contribution is 6.05. The summed E-state index contributed by atoms with van der Waals surface area (Å²) < 4.78 is 25.7. The summed E-state index contributed by atoms with van der Waals surface area (Å²) in [7, 11) is 0. The summed E-state index contributed by atoms with van der Waals surface area (Å²) >= 11 is 0. The second kappa shape index (κ2) is 2.85. The minimum Gasteiger partial charge on any atom is -0.319 e. The predicted octanol–water partition coefficient (Wildman–Crippen LogP) is 1.64. The Hall–Kier alpha value is -1.29. The highest BCUT2D eigenvalue weighted by Gasteiger charge is 2.46. The third-order valence-corrected chi connectivity index (χ3v) is 2.42. The van der Waals surface area contributed by atoms with Gasteiger partial charge in [0.1, 0.15) is 11.6 Å². The second-order valence-corrected chi connectivity index (χ2v) is 3.61. The summed E-state index contributed by atoms with van der Waals surface area (Å²) in [5.41, 5.74) is 4.60. The van der Waals surface area contributed by atoms with Gasteiger partial charge in [0.05, 0.1) is 11.1 Å². The maximum absolute atomic E-state index is 13.1. The van der Waals surface area contributed by atoms with Crippen molar-refractivity contribution < 1.29 is 13.6 Å². The van der Waals surface area contributed by atoms with Crippen LogP contribution in [-0.2, 0) is 0 Å².